The lowest BCUT2D eigenvalue weighted by molar-refractivity contribution is 0.464. The van der Waals surface area contributed by atoms with Gasteiger partial charge in [-0.2, -0.15) is 4.98 Å². The van der Waals surface area contributed by atoms with E-state index in [-0.39, 0.29) is 0 Å². The first-order valence-corrected chi connectivity index (χ1v) is 5.72. The predicted octanol–water partition coefficient (Wildman–Crippen LogP) is 4.22. The van der Waals surface area contributed by atoms with Gasteiger partial charge in [-0.3, -0.25) is 0 Å². The van der Waals surface area contributed by atoms with Crippen molar-refractivity contribution in [2.75, 3.05) is 12.4 Å². The van der Waals surface area contributed by atoms with Gasteiger partial charge in [0.2, 0.25) is 5.88 Å². The van der Waals surface area contributed by atoms with Crippen molar-refractivity contribution < 1.29 is 4.74 Å². The molecule has 0 aliphatic rings. The third-order valence-electron chi connectivity index (χ3n) is 2.09. The van der Waals surface area contributed by atoms with Gasteiger partial charge in [0.25, 0.3) is 0 Å². The fourth-order valence-electron chi connectivity index (χ4n) is 1.28. The van der Waals surface area contributed by atoms with Crippen LogP contribution in [0.5, 0.6) is 11.6 Å². The minimum Gasteiger partial charge on any atom is -0.437 e. The molecule has 1 N–H and O–H groups in total. The Morgan fingerprint density at radius 3 is 2.71 bits per heavy atom. The lowest BCUT2D eigenvalue weighted by Gasteiger charge is -2.07. The van der Waals surface area contributed by atoms with Gasteiger partial charge in [-0.15, -0.1) is 0 Å². The number of pyridine rings is 1. The molecule has 88 valence electrons. The fourth-order valence-corrected chi connectivity index (χ4v) is 1.73. The molecule has 0 radical (unpaired) electrons. The summed E-state index contributed by atoms with van der Waals surface area (Å²) < 4.78 is 5.56. The quantitative estimate of drug-likeness (QED) is 0.905. The highest BCUT2D eigenvalue weighted by molar-refractivity contribution is 6.35. The first kappa shape index (κ1) is 12.0. The first-order chi connectivity index (χ1) is 8.19. The summed E-state index contributed by atoms with van der Waals surface area (Å²) in [5, 5.41) is 3.95. The minimum atomic E-state index is 0.453. The van der Waals surface area contributed by atoms with Gasteiger partial charge in [0, 0.05) is 18.1 Å². The largest absolute Gasteiger partial charge is 0.437 e. The molecule has 0 spiro atoms. The smallest absolute Gasteiger partial charge is 0.221 e. The molecule has 3 nitrogen and oxygen atoms in total. The molecule has 0 fully saturated rings. The van der Waals surface area contributed by atoms with Gasteiger partial charge in [0.05, 0.1) is 5.02 Å². The van der Waals surface area contributed by atoms with Crippen LogP contribution >= 0.6 is 23.2 Å². The second-order valence-corrected chi connectivity index (χ2v) is 4.13. The predicted molar refractivity (Wildman–Crippen MR) is 70.3 cm³/mol. The third kappa shape index (κ3) is 3.02. The molecule has 0 aliphatic heterocycles. The van der Waals surface area contributed by atoms with Crippen molar-refractivity contribution in [1.29, 1.82) is 0 Å². The van der Waals surface area contributed by atoms with Crippen LogP contribution in [0.1, 0.15) is 0 Å². The topological polar surface area (TPSA) is 34.1 Å². The molecule has 0 atom stereocenters. The average molecular weight is 269 g/mol. The molecule has 5 heteroatoms. The van der Waals surface area contributed by atoms with E-state index in [0.717, 1.165) is 5.82 Å². The summed E-state index contributed by atoms with van der Waals surface area (Å²) in [5.74, 6) is 1.73. The number of rotatable bonds is 3. The Bertz CT molecular complexity index is 532. The lowest BCUT2D eigenvalue weighted by Crippen LogP contribution is -1.94. The number of hydrogen-bond donors (Lipinski definition) is 1. The van der Waals surface area contributed by atoms with Gasteiger partial charge in [-0.05, 0) is 24.3 Å². The fraction of sp³-hybridized carbons (Fsp3) is 0.0833. The minimum absolute atomic E-state index is 0.453. The molecule has 1 heterocycles. The third-order valence-corrected chi connectivity index (χ3v) is 2.62. The monoisotopic (exact) mass is 268 g/mol. The van der Waals surface area contributed by atoms with Crippen LogP contribution in [0, 0.1) is 0 Å². The Balaban J connectivity index is 2.25. The summed E-state index contributed by atoms with van der Waals surface area (Å²) >= 11 is 11.8. The zero-order valence-corrected chi connectivity index (χ0v) is 10.6. The van der Waals surface area contributed by atoms with E-state index in [1.54, 1.807) is 31.3 Å². The number of hydrogen-bond acceptors (Lipinski definition) is 3. The zero-order valence-electron chi connectivity index (χ0n) is 9.08. The van der Waals surface area contributed by atoms with Crippen LogP contribution in [0.2, 0.25) is 10.0 Å². The zero-order chi connectivity index (χ0) is 12.3. The van der Waals surface area contributed by atoms with Gasteiger partial charge in [0.1, 0.15) is 11.6 Å². The van der Waals surface area contributed by atoms with E-state index in [9.17, 15) is 0 Å². The van der Waals surface area contributed by atoms with Crippen molar-refractivity contribution in [1.82, 2.24) is 4.98 Å². The van der Waals surface area contributed by atoms with E-state index in [1.807, 2.05) is 12.1 Å². The Labute approximate surface area is 109 Å². The van der Waals surface area contributed by atoms with Crippen molar-refractivity contribution in [3.8, 4) is 11.6 Å². The molecule has 0 aliphatic carbocycles. The van der Waals surface area contributed by atoms with Gasteiger partial charge in [-0.25, -0.2) is 0 Å². The molecule has 0 amide bonds. The van der Waals surface area contributed by atoms with E-state index >= 15 is 0 Å². The van der Waals surface area contributed by atoms with Crippen LogP contribution in [0.3, 0.4) is 0 Å². The van der Waals surface area contributed by atoms with Crippen molar-refractivity contribution in [2.45, 2.75) is 0 Å². The number of anilines is 1. The number of benzene rings is 1. The van der Waals surface area contributed by atoms with E-state index < -0.39 is 0 Å². The normalized spacial score (nSPS) is 10.1. The molecular weight excluding hydrogens is 259 g/mol. The van der Waals surface area contributed by atoms with Crippen LogP contribution in [-0.4, -0.2) is 12.0 Å². The highest BCUT2D eigenvalue weighted by Crippen LogP contribution is 2.30. The summed E-state index contributed by atoms with van der Waals surface area (Å²) in [7, 11) is 1.79. The molecule has 0 saturated heterocycles. The van der Waals surface area contributed by atoms with Crippen LogP contribution in [0.25, 0.3) is 0 Å². The number of aromatic nitrogens is 1. The molecule has 0 saturated carbocycles. The Hall–Kier alpha value is -1.45. The summed E-state index contributed by atoms with van der Waals surface area (Å²) in [4.78, 5) is 4.23. The molecule has 2 rings (SSSR count). The number of nitrogens with zero attached hydrogens (tertiary/aromatic N) is 1. The highest BCUT2D eigenvalue weighted by atomic mass is 35.5. The van der Waals surface area contributed by atoms with Crippen molar-refractivity contribution in [3.05, 3.63) is 46.4 Å². The van der Waals surface area contributed by atoms with Crippen molar-refractivity contribution in [2.24, 2.45) is 0 Å². The molecule has 1 aromatic heterocycles. The maximum Gasteiger partial charge on any atom is 0.221 e. The van der Waals surface area contributed by atoms with Gasteiger partial charge in [-0.1, -0.05) is 29.3 Å². The summed E-state index contributed by atoms with van der Waals surface area (Å²) in [6, 6.07) is 10.5. The molecule has 0 bridgehead atoms. The van der Waals surface area contributed by atoms with Gasteiger partial charge >= 0.3 is 0 Å². The number of ether oxygens (including phenoxy) is 1. The average Bonchev–Trinajstić information content (AvgIpc) is 2.33. The molecule has 2 aromatic rings. The second-order valence-electron chi connectivity index (χ2n) is 3.29. The van der Waals surface area contributed by atoms with Crippen LogP contribution in [-0.2, 0) is 0 Å². The van der Waals surface area contributed by atoms with E-state index in [1.165, 1.54) is 0 Å². The van der Waals surface area contributed by atoms with E-state index in [0.29, 0.717) is 21.7 Å². The van der Waals surface area contributed by atoms with Crippen molar-refractivity contribution >= 4 is 29.0 Å². The second kappa shape index (κ2) is 5.25. The number of nitrogens with one attached hydrogen (secondary N) is 1. The molecule has 1 aromatic carbocycles. The Morgan fingerprint density at radius 1 is 1.18 bits per heavy atom. The van der Waals surface area contributed by atoms with Crippen LogP contribution in [0.15, 0.2) is 36.4 Å². The SMILES string of the molecule is CNc1cccc(Oc2ccc(Cl)cc2Cl)n1. The molecule has 17 heavy (non-hydrogen) atoms. The van der Waals surface area contributed by atoms with E-state index in [2.05, 4.69) is 10.3 Å². The molecule has 0 unspecified atom stereocenters. The standard InChI is InChI=1S/C12H10Cl2N2O/c1-15-11-3-2-4-12(16-11)17-10-6-5-8(13)7-9(10)14/h2-7H,1H3,(H,15,16). The van der Waals surface area contributed by atoms with Crippen LogP contribution < -0.4 is 10.1 Å². The van der Waals surface area contributed by atoms with Gasteiger partial charge in [0.15, 0.2) is 0 Å². The molecular formula is C12H10Cl2N2O. The summed E-state index contributed by atoms with van der Waals surface area (Å²) in [5.41, 5.74) is 0. The Morgan fingerprint density at radius 2 is 2.00 bits per heavy atom. The van der Waals surface area contributed by atoms with Crippen molar-refractivity contribution in [3.63, 3.8) is 0 Å². The maximum atomic E-state index is 6.00. The Kier molecular flexibility index (Phi) is 3.71. The highest BCUT2D eigenvalue weighted by Gasteiger charge is 2.05. The maximum absolute atomic E-state index is 6.00. The van der Waals surface area contributed by atoms with Crippen LogP contribution in [0.4, 0.5) is 5.82 Å². The summed E-state index contributed by atoms with van der Waals surface area (Å²) in [6.45, 7) is 0. The first-order valence-electron chi connectivity index (χ1n) is 4.97. The lowest BCUT2D eigenvalue weighted by atomic mass is 10.3. The van der Waals surface area contributed by atoms with E-state index in [4.69, 9.17) is 27.9 Å². The summed E-state index contributed by atoms with van der Waals surface area (Å²) in [6.07, 6.45) is 0. The van der Waals surface area contributed by atoms with Gasteiger partial charge < -0.3 is 10.1 Å². The number of halogens is 2.